The Morgan fingerprint density at radius 3 is 1.62 bits per heavy atom. The molecular weight excluding hydrogens is 1190 g/mol. The molecule has 2 aromatic carbocycles. The predicted octanol–water partition coefficient (Wildman–Crippen LogP) is 1.17. The molecule has 0 saturated carbocycles. The number of ether oxygens (including phenoxy) is 11. The summed E-state index contributed by atoms with van der Waals surface area (Å²) in [7, 11) is 0.827. The van der Waals surface area contributed by atoms with Crippen LogP contribution < -0.4 is 0 Å². The minimum atomic E-state index is -1.86. The van der Waals surface area contributed by atoms with E-state index in [0.29, 0.717) is 19.6 Å². The third-order valence-electron chi connectivity index (χ3n) is 15.1. The van der Waals surface area contributed by atoms with Crippen LogP contribution in [-0.2, 0) is 87.3 Å². The summed E-state index contributed by atoms with van der Waals surface area (Å²) in [5.41, 5.74) is 28.7. The van der Waals surface area contributed by atoms with Crippen LogP contribution in [0.4, 0.5) is 0 Å². The molecule has 0 spiro atoms. The van der Waals surface area contributed by atoms with Crippen LogP contribution in [0, 0.1) is 11.8 Å². The quantitative estimate of drug-likeness (QED) is 0.0233. The van der Waals surface area contributed by atoms with Crippen LogP contribution in [0.3, 0.4) is 0 Å². The van der Waals surface area contributed by atoms with Crippen LogP contribution in [-0.4, -0.2) is 232 Å². The van der Waals surface area contributed by atoms with E-state index in [1.165, 1.54) is 25.9 Å². The van der Waals surface area contributed by atoms with Crippen molar-refractivity contribution in [2.45, 2.75) is 181 Å². The first kappa shape index (κ1) is 72.5. The first-order valence-corrected chi connectivity index (χ1v) is 29.5. The molecule has 0 aliphatic carbocycles. The van der Waals surface area contributed by atoms with Crippen LogP contribution in [0.2, 0.25) is 0 Å². The van der Waals surface area contributed by atoms with E-state index in [2.05, 4.69) is 30.1 Å². The Balaban J connectivity index is 0.00000221. The van der Waals surface area contributed by atoms with Gasteiger partial charge in [-0.05, 0) is 17.7 Å². The molecule has 87 heavy (non-hydrogen) atoms. The molecule has 32 nitrogen and oxygen atoms in total. The molecule has 12 unspecified atom stereocenters. The summed E-state index contributed by atoms with van der Waals surface area (Å²) < 4.78 is 92.9. The van der Waals surface area contributed by atoms with Crippen molar-refractivity contribution < 1.29 is 111 Å². The molecule has 2 radical (unpaired) electrons. The fourth-order valence-electron chi connectivity index (χ4n) is 10.9. The number of hydrogen-bond acceptors (Lipinski definition) is 26. The van der Waals surface area contributed by atoms with Crippen LogP contribution in [0.15, 0.2) is 76.0 Å². The number of nitrogens with zero attached hydrogens (tertiary/aromatic N) is 9. The van der Waals surface area contributed by atoms with Crippen LogP contribution in [0.1, 0.15) is 50.5 Å². The smallest absolute Gasteiger partial charge is 0.186 e. The van der Waals surface area contributed by atoms with Gasteiger partial charge in [0.15, 0.2) is 0 Å². The molecule has 5 aliphatic rings. The second kappa shape index (κ2) is 37.0. The van der Waals surface area contributed by atoms with Gasteiger partial charge in [0, 0.05) is 4.91 Å². The van der Waals surface area contributed by atoms with Crippen molar-refractivity contribution in [1.82, 2.24) is 0 Å². The predicted molar refractivity (Wildman–Crippen MR) is 299 cm³/mol. The molecule has 27 atom stereocenters. The van der Waals surface area contributed by atoms with E-state index in [4.69, 9.17) is 71.3 Å². The zero-order valence-corrected chi connectivity index (χ0v) is 49.5. The molecule has 466 valence electrons. The second-order valence-corrected chi connectivity index (χ2v) is 22.9. The minimum Gasteiger partial charge on any atom is -0.186 e. The summed E-state index contributed by atoms with van der Waals surface area (Å²) >= 11 is 0. The van der Waals surface area contributed by atoms with Crippen molar-refractivity contribution in [2.24, 2.45) is 27.2 Å². The standard InChI is InChI=1S/C47H65B4N9O19P2.2CO2/c1-20-27(16-61)73-45(32(57-60-54)41(20)80-50-48-67)76-35-21(2)36(75-43(66)26-14-10-7-11-15-26)47(72-23(35)4)78-38-28(17-62)74-44(31(33(38)64)56-59-53)77-37-24(5)71-46(34(65)40(37)69-19-25-12-8-6-9-13-25)79-39-29(18-63)70-22(3)30(55-58-52)42(39)81-51-49-68;2*2-1-3/h6-15,20-24,27-42,44-47,61-65,80-81H,16-19H2,1-5H3;;/t20-,21+,22-,23?,24?,27?,28?,29?,30?,31?,32?,33-,34?,35+,36?,37-,38-,39-,40+,41+,42-,44+,45+,46+,47+;;/m1../s1. The molecule has 5 N–H and O–H groups in total. The Bertz CT molecular complexity index is 2700. The van der Waals surface area contributed by atoms with Gasteiger partial charge in [0.05, 0.1) is 12.7 Å². The number of carbonyl (C=O) groups excluding carboxylic acids is 5. The number of aliphatic hydroxyl groups is 5. The number of esters is 1. The van der Waals surface area contributed by atoms with E-state index < -0.39 is 172 Å². The topological polar surface area (TPSA) is 468 Å². The summed E-state index contributed by atoms with van der Waals surface area (Å²) in [4.78, 5) is 55.4. The average molecular weight is 1250 g/mol. The second-order valence-electron chi connectivity index (χ2n) is 20.3. The Morgan fingerprint density at radius 2 is 1.03 bits per heavy atom. The molecule has 38 heteroatoms. The SMILES string of the molecule is CC1O[C@@H](O[C@@H]2C(CO)O[C@@H](O[C@@H]3C(C)O[C@@H](O[C@@H]4C(CO)O[C@H](C)C(N=[N+]=[N-])[C@H]4P[B]B=O)C(O)[C@@H]3OCc3ccccc3)C(N=[N+]=[N-])[C@H]2O)C(OC(=O)c2ccccc2)[C@@H](C)[C@@H]1O[C@@H]1OC(CO)[C@@H](C)[C@H](P[B]B=O)C1N=[N+]=[N-].O=C=O.O=C=O. The van der Waals surface area contributed by atoms with E-state index >= 15 is 0 Å². The number of aliphatic hydroxyl groups excluding tert-OH is 5. The summed E-state index contributed by atoms with van der Waals surface area (Å²) in [5, 5.41) is 68.1. The summed E-state index contributed by atoms with van der Waals surface area (Å²) in [5.74, 6) is -2.02. The molecular formula is C49H65B4N9O23P2. The maximum absolute atomic E-state index is 13.9. The van der Waals surface area contributed by atoms with Crippen molar-refractivity contribution in [3.63, 3.8) is 0 Å². The average Bonchev–Trinajstić information content (AvgIpc) is 1.46. The minimum absolute atomic E-state index is 0.0862. The number of carbonyl (C=O) groups is 1. The molecule has 7 rings (SSSR count). The Morgan fingerprint density at radius 1 is 0.552 bits per heavy atom. The first-order chi connectivity index (χ1) is 42.0. The van der Waals surface area contributed by atoms with Crippen molar-refractivity contribution in [2.75, 3.05) is 19.8 Å². The Hall–Kier alpha value is -5.28. The van der Waals surface area contributed by atoms with E-state index in [9.17, 15) is 56.3 Å². The zero-order valence-electron chi connectivity index (χ0n) is 47.5. The van der Waals surface area contributed by atoms with Crippen LogP contribution in [0.5, 0.6) is 0 Å². The Kier molecular flexibility index (Phi) is 30.8. The molecule has 0 bridgehead atoms. The third kappa shape index (κ3) is 18.9. The van der Waals surface area contributed by atoms with Gasteiger partial charge in [-0.2, -0.15) is 19.2 Å². The number of azide groups is 3. The largest absolute Gasteiger partial charge is 0.373 e. The number of hydrogen-bond donors (Lipinski definition) is 5. The van der Waals surface area contributed by atoms with Crippen molar-refractivity contribution >= 4 is 63.1 Å². The molecule has 5 heterocycles. The van der Waals surface area contributed by atoms with Gasteiger partial charge in [0.2, 0.25) is 0 Å². The molecule has 0 amide bonds. The van der Waals surface area contributed by atoms with Crippen molar-refractivity contribution in [1.29, 1.82) is 0 Å². The Labute approximate surface area is 503 Å². The molecule has 5 aliphatic heterocycles. The summed E-state index contributed by atoms with van der Waals surface area (Å²) in [6.45, 7) is 9.17. The van der Waals surface area contributed by atoms with Gasteiger partial charge in [-0.3, -0.25) is 0 Å². The van der Waals surface area contributed by atoms with Gasteiger partial charge >= 0.3 is 393 Å². The summed E-state index contributed by atoms with van der Waals surface area (Å²) in [6.07, 6.45) is -22.9. The van der Waals surface area contributed by atoms with Crippen LogP contribution >= 0.6 is 16.9 Å². The number of benzene rings is 2. The van der Waals surface area contributed by atoms with Crippen LogP contribution in [0.25, 0.3) is 31.3 Å². The molecule has 0 aromatic heterocycles. The van der Waals surface area contributed by atoms with E-state index in [-0.39, 0.29) is 47.3 Å². The maximum atomic E-state index is 13.9. The van der Waals surface area contributed by atoms with Gasteiger partial charge in [0.25, 0.3) is 0 Å². The van der Waals surface area contributed by atoms with E-state index in [0.717, 1.165) is 0 Å². The third-order valence-corrected chi connectivity index (χ3v) is 18.1. The van der Waals surface area contributed by atoms with Gasteiger partial charge in [-0.15, -0.1) is 0 Å². The normalized spacial score (nSPS) is 37.2. The van der Waals surface area contributed by atoms with Gasteiger partial charge in [-0.1, -0.05) is 41.5 Å². The number of rotatable bonds is 25. The van der Waals surface area contributed by atoms with Crippen molar-refractivity contribution in [3.8, 4) is 0 Å². The fraction of sp³-hybridized carbons (Fsp3) is 0.694. The zero-order chi connectivity index (χ0) is 63.7. The fourth-order valence-corrected chi connectivity index (χ4v) is 13.5. The van der Waals surface area contributed by atoms with Gasteiger partial charge < -0.3 is 10.2 Å². The maximum Gasteiger partial charge on any atom is 0.373 e. The monoisotopic (exact) mass is 1250 g/mol. The summed E-state index contributed by atoms with van der Waals surface area (Å²) in [6, 6.07) is 13.5. The van der Waals surface area contributed by atoms with Crippen molar-refractivity contribution in [3.05, 3.63) is 103 Å². The van der Waals surface area contributed by atoms with Gasteiger partial charge in [-0.25, -0.2) is 0 Å². The van der Waals surface area contributed by atoms with Gasteiger partial charge in [0.1, 0.15) is 6.10 Å². The first-order valence-electron chi connectivity index (χ1n) is 27.2. The molecule has 5 saturated heterocycles. The van der Waals surface area contributed by atoms with E-state index in [1.54, 1.807) is 83.1 Å². The molecule has 5 fully saturated rings. The molecule has 2 aromatic rings. The van der Waals surface area contributed by atoms with E-state index in [1.807, 2.05) is 0 Å².